The van der Waals surface area contributed by atoms with Crippen LogP contribution in [0.3, 0.4) is 0 Å². The lowest BCUT2D eigenvalue weighted by molar-refractivity contribution is -0.126. The van der Waals surface area contributed by atoms with Gasteiger partial charge >= 0.3 is 0 Å². The molecule has 2 nitrogen and oxygen atoms in total. The van der Waals surface area contributed by atoms with Crippen LogP contribution in [0, 0.1) is 5.41 Å². The molecule has 0 radical (unpaired) electrons. The molecule has 0 aliphatic heterocycles. The molecule has 0 atom stereocenters. The Balaban J connectivity index is 3.85. The van der Waals surface area contributed by atoms with Crippen molar-refractivity contribution in [1.29, 1.82) is 0 Å². The molecule has 0 aliphatic rings. The summed E-state index contributed by atoms with van der Waals surface area (Å²) in [6.07, 6.45) is 0.742. The maximum Gasteiger partial charge on any atom is 0.223 e. The monoisotopic (exact) mass is 147 g/mol. The van der Waals surface area contributed by atoms with Crippen LogP contribution >= 0.6 is 12.6 Å². The van der Waals surface area contributed by atoms with Crippen molar-refractivity contribution in [2.75, 3.05) is 5.75 Å². The van der Waals surface area contributed by atoms with E-state index in [9.17, 15) is 4.79 Å². The molecule has 54 valence electrons. The zero-order valence-electron chi connectivity index (χ0n) is 5.85. The van der Waals surface area contributed by atoms with Gasteiger partial charge < -0.3 is 5.73 Å². The van der Waals surface area contributed by atoms with E-state index in [2.05, 4.69) is 12.6 Å². The molecule has 0 aliphatic carbocycles. The number of carbonyl (C=O) groups is 1. The third-order valence-corrected chi connectivity index (χ3v) is 1.63. The van der Waals surface area contributed by atoms with E-state index < -0.39 is 0 Å². The van der Waals surface area contributed by atoms with E-state index in [4.69, 9.17) is 5.73 Å². The Kier molecular flexibility index (Phi) is 3.04. The first kappa shape index (κ1) is 8.82. The molecule has 0 heterocycles. The maximum absolute atomic E-state index is 10.6. The van der Waals surface area contributed by atoms with Crippen molar-refractivity contribution in [2.45, 2.75) is 20.3 Å². The van der Waals surface area contributed by atoms with Crippen LogP contribution in [0.1, 0.15) is 20.3 Å². The van der Waals surface area contributed by atoms with E-state index in [0.29, 0.717) is 5.75 Å². The summed E-state index contributed by atoms with van der Waals surface area (Å²) in [7, 11) is 0. The quantitative estimate of drug-likeness (QED) is 0.570. The number of carbonyl (C=O) groups excluding carboxylic acids is 1. The molecule has 0 spiro atoms. The standard InChI is InChI=1S/C6H13NOS/c1-6(2,3-4-9)5(7)8/h9H,3-4H2,1-2H3,(H2,7,8). The van der Waals surface area contributed by atoms with E-state index in [0.717, 1.165) is 6.42 Å². The predicted octanol–water partition coefficient (Wildman–Crippen LogP) is 0.818. The summed E-state index contributed by atoms with van der Waals surface area (Å²) in [5.41, 5.74) is 4.70. The lowest BCUT2D eigenvalue weighted by Crippen LogP contribution is -2.31. The zero-order valence-corrected chi connectivity index (χ0v) is 6.74. The van der Waals surface area contributed by atoms with Gasteiger partial charge in [-0.1, -0.05) is 13.8 Å². The van der Waals surface area contributed by atoms with Crippen LogP contribution in [-0.4, -0.2) is 11.7 Å². The topological polar surface area (TPSA) is 43.1 Å². The normalized spacial score (nSPS) is 11.4. The molecular formula is C6H13NOS. The van der Waals surface area contributed by atoms with Crippen LogP contribution < -0.4 is 5.73 Å². The molecule has 0 aromatic heterocycles. The molecule has 2 N–H and O–H groups in total. The van der Waals surface area contributed by atoms with Gasteiger partial charge in [0.15, 0.2) is 0 Å². The van der Waals surface area contributed by atoms with Gasteiger partial charge in [0.05, 0.1) is 0 Å². The van der Waals surface area contributed by atoms with Gasteiger partial charge in [-0.25, -0.2) is 0 Å². The third-order valence-electron chi connectivity index (χ3n) is 1.40. The molecule has 0 bridgehead atoms. The first-order valence-electron chi connectivity index (χ1n) is 2.91. The lowest BCUT2D eigenvalue weighted by Gasteiger charge is -2.17. The summed E-state index contributed by atoms with van der Waals surface area (Å²) in [5.74, 6) is 0.451. The summed E-state index contributed by atoms with van der Waals surface area (Å²) in [6.45, 7) is 3.65. The lowest BCUT2D eigenvalue weighted by atomic mass is 9.90. The Bertz CT molecular complexity index is 112. The van der Waals surface area contributed by atoms with Crippen molar-refractivity contribution in [2.24, 2.45) is 11.1 Å². The Morgan fingerprint density at radius 3 is 2.22 bits per heavy atom. The molecule has 9 heavy (non-hydrogen) atoms. The molecule has 0 saturated heterocycles. The SMILES string of the molecule is CC(C)(CCS)C(N)=O. The molecule has 0 rings (SSSR count). The molecule has 0 aromatic carbocycles. The summed E-state index contributed by atoms with van der Waals surface area (Å²) >= 11 is 4.00. The Morgan fingerprint density at radius 1 is 1.67 bits per heavy atom. The molecule has 3 heteroatoms. The fourth-order valence-corrected chi connectivity index (χ4v) is 0.962. The summed E-state index contributed by atoms with van der Waals surface area (Å²) in [5, 5.41) is 0. The van der Waals surface area contributed by atoms with Crippen LogP contribution in [-0.2, 0) is 4.79 Å². The summed E-state index contributed by atoms with van der Waals surface area (Å²) < 4.78 is 0. The van der Waals surface area contributed by atoms with Crippen molar-refractivity contribution in [3.05, 3.63) is 0 Å². The second-order valence-electron chi connectivity index (χ2n) is 2.72. The average Bonchev–Trinajstić information content (AvgIpc) is 1.65. The highest BCUT2D eigenvalue weighted by molar-refractivity contribution is 7.80. The molecular weight excluding hydrogens is 134 g/mol. The Labute approximate surface area is 61.2 Å². The van der Waals surface area contributed by atoms with Gasteiger partial charge in [-0.2, -0.15) is 12.6 Å². The molecule has 0 saturated carbocycles. The predicted molar refractivity (Wildman–Crippen MR) is 41.4 cm³/mol. The van der Waals surface area contributed by atoms with Gasteiger partial charge in [-0.05, 0) is 12.2 Å². The van der Waals surface area contributed by atoms with Gasteiger partial charge in [-0.3, -0.25) is 4.79 Å². The number of amides is 1. The maximum atomic E-state index is 10.6. The van der Waals surface area contributed by atoms with Crippen LogP contribution in [0.2, 0.25) is 0 Å². The van der Waals surface area contributed by atoms with Gasteiger partial charge in [-0.15, -0.1) is 0 Å². The van der Waals surface area contributed by atoms with E-state index in [1.54, 1.807) is 0 Å². The number of hydrogen-bond acceptors (Lipinski definition) is 2. The molecule has 0 fully saturated rings. The highest BCUT2D eigenvalue weighted by atomic mass is 32.1. The molecule has 0 aromatic rings. The minimum absolute atomic E-state index is 0.253. The average molecular weight is 147 g/mol. The van der Waals surface area contributed by atoms with E-state index in [1.165, 1.54) is 0 Å². The number of primary amides is 1. The minimum atomic E-state index is -0.387. The summed E-state index contributed by atoms with van der Waals surface area (Å²) in [6, 6.07) is 0. The number of hydrogen-bond donors (Lipinski definition) is 2. The largest absolute Gasteiger partial charge is 0.369 e. The zero-order chi connectivity index (χ0) is 7.49. The second kappa shape index (κ2) is 3.11. The minimum Gasteiger partial charge on any atom is -0.369 e. The van der Waals surface area contributed by atoms with Gasteiger partial charge in [0, 0.05) is 5.41 Å². The fourth-order valence-electron chi connectivity index (χ4n) is 0.403. The van der Waals surface area contributed by atoms with E-state index >= 15 is 0 Å². The van der Waals surface area contributed by atoms with Crippen molar-refractivity contribution in [3.63, 3.8) is 0 Å². The van der Waals surface area contributed by atoms with Crippen LogP contribution in [0.15, 0.2) is 0 Å². The van der Waals surface area contributed by atoms with Gasteiger partial charge in [0.1, 0.15) is 0 Å². The number of nitrogens with two attached hydrogens (primary N) is 1. The Morgan fingerprint density at radius 2 is 2.11 bits per heavy atom. The van der Waals surface area contributed by atoms with E-state index in [-0.39, 0.29) is 11.3 Å². The van der Waals surface area contributed by atoms with Crippen molar-refractivity contribution in [3.8, 4) is 0 Å². The van der Waals surface area contributed by atoms with E-state index in [1.807, 2.05) is 13.8 Å². The highest BCUT2D eigenvalue weighted by Gasteiger charge is 2.22. The molecule has 0 unspecified atom stereocenters. The van der Waals surface area contributed by atoms with Crippen LogP contribution in [0.25, 0.3) is 0 Å². The first-order valence-corrected chi connectivity index (χ1v) is 3.55. The summed E-state index contributed by atoms with van der Waals surface area (Å²) in [4.78, 5) is 10.6. The van der Waals surface area contributed by atoms with Crippen molar-refractivity contribution >= 4 is 18.5 Å². The number of thiol groups is 1. The highest BCUT2D eigenvalue weighted by Crippen LogP contribution is 2.19. The van der Waals surface area contributed by atoms with Crippen molar-refractivity contribution in [1.82, 2.24) is 0 Å². The number of rotatable bonds is 3. The second-order valence-corrected chi connectivity index (χ2v) is 3.17. The van der Waals surface area contributed by atoms with Gasteiger partial charge in [0.25, 0.3) is 0 Å². The fraction of sp³-hybridized carbons (Fsp3) is 0.833. The smallest absolute Gasteiger partial charge is 0.223 e. The van der Waals surface area contributed by atoms with Crippen LogP contribution in [0.4, 0.5) is 0 Å². The van der Waals surface area contributed by atoms with Crippen LogP contribution in [0.5, 0.6) is 0 Å². The first-order chi connectivity index (χ1) is 4.00. The van der Waals surface area contributed by atoms with Crippen molar-refractivity contribution < 1.29 is 4.79 Å². The Hall–Kier alpha value is -0.180. The third kappa shape index (κ3) is 2.75. The molecule has 1 amide bonds. The van der Waals surface area contributed by atoms with Gasteiger partial charge in [0.2, 0.25) is 5.91 Å².